The van der Waals surface area contributed by atoms with Crippen molar-refractivity contribution >= 4 is 23.5 Å². The quantitative estimate of drug-likeness (QED) is 0.701. The van der Waals surface area contributed by atoms with Gasteiger partial charge < -0.3 is 20.4 Å². The van der Waals surface area contributed by atoms with Gasteiger partial charge in [0.15, 0.2) is 11.6 Å². The lowest BCUT2D eigenvalue weighted by Gasteiger charge is -2.19. The zero-order valence-corrected chi connectivity index (χ0v) is 14.2. The number of halogens is 2. The monoisotopic (exact) mass is 372 g/mol. The average Bonchev–Trinajstić information content (AvgIpc) is 2.85. The van der Waals surface area contributed by atoms with Gasteiger partial charge in [0.25, 0.3) is 0 Å². The van der Waals surface area contributed by atoms with E-state index in [-0.39, 0.29) is 5.91 Å². The van der Waals surface area contributed by atoms with Crippen molar-refractivity contribution in [2.75, 3.05) is 25.0 Å². The van der Waals surface area contributed by atoms with Gasteiger partial charge in [-0.05, 0) is 38.1 Å². The number of carboxylic acid groups (broad SMARTS) is 2. The zero-order valence-electron chi connectivity index (χ0n) is 14.2. The highest BCUT2D eigenvalue weighted by molar-refractivity contribution is 6.27. The van der Waals surface area contributed by atoms with Crippen LogP contribution in [0.3, 0.4) is 0 Å². The van der Waals surface area contributed by atoms with Gasteiger partial charge in [0.2, 0.25) is 5.91 Å². The molecule has 1 aromatic rings. The molecule has 0 aliphatic carbocycles. The number of hydrogen-bond donors (Lipinski definition) is 3. The van der Waals surface area contributed by atoms with E-state index in [9.17, 15) is 13.6 Å². The second kappa shape index (κ2) is 11.1. The molecule has 0 bridgehead atoms. The number of amides is 1. The predicted molar refractivity (Wildman–Crippen MR) is 89.8 cm³/mol. The molecule has 0 aromatic heterocycles. The van der Waals surface area contributed by atoms with Crippen molar-refractivity contribution in [3.63, 3.8) is 0 Å². The van der Waals surface area contributed by atoms with Crippen LogP contribution in [0.5, 0.6) is 0 Å². The lowest BCUT2D eigenvalue weighted by molar-refractivity contribution is -0.159. The molecule has 0 radical (unpaired) electrons. The topological polar surface area (TPSA) is 107 Å². The summed E-state index contributed by atoms with van der Waals surface area (Å²) in [4.78, 5) is 32.3. The fraction of sp³-hybridized carbons (Fsp3) is 0.471. The smallest absolute Gasteiger partial charge is 0.414 e. The average molecular weight is 372 g/mol. The summed E-state index contributed by atoms with van der Waals surface area (Å²) in [5, 5.41) is 17.4. The molecule has 26 heavy (non-hydrogen) atoms. The van der Waals surface area contributed by atoms with Gasteiger partial charge >= 0.3 is 11.9 Å². The molecule has 1 heterocycles. The molecule has 0 saturated carbocycles. The molecule has 2 rings (SSSR count). The second-order valence-corrected chi connectivity index (χ2v) is 5.79. The lowest BCUT2D eigenvalue weighted by atomic mass is 10.2. The lowest BCUT2D eigenvalue weighted by Crippen LogP contribution is -2.28. The van der Waals surface area contributed by atoms with Gasteiger partial charge in [0.1, 0.15) is 0 Å². The predicted octanol–water partition coefficient (Wildman–Crippen LogP) is 2.33. The van der Waals surface area contributed by atoms with E-state index < -0.39 is 23.6 Å². The minimum Gasteiger partial charge on any atom is -0.473 e. The Morgan fingerprint density at radius 3 is 2.04 bits per heavy atom. The summed E-state index contributed by atoms with van der Waals surface area (Å²) in [5.41, 5.74) is 0.296. The SMILES string of the molecule is O=C(CCN1CCCCCC1)Nc1ccc(F)c(F)c1.O=C(O)C(=O)O. The highest BCUT2D eigenvalue weighted by Gasteiger charge is 2.11. The Morgan fingerprint density at radius 2 is 1.54 bits per heavy atom. The number of likely N-dealkylation sites (tertiary alicyclic amines) is 1. The molecule has 3 N–H and O–H groups in total. The number of rotatable bonds is 4. The van der Waals surface area contributed by atoms with E-state index in [1.165, 1.54) is 31.7 Å². The molecule has 1 amide bonds. The molecule has 9 heteroatoms. The van der Waals surface area contributed by atoms with E-state index in [0.717, 1.165) is 31.8 Å². The highest BCUT2D eigenvalue weighted by Crippen LogP contribution is 2.14. The van der Waals surface area contributed by atoms with E-state index in [2.05, 4.69) is 10.2 Å². The Hall–Kier alpha value is -2.55. The molecule has 144 valence electrons. The van der Waals surface area contributed by atoms with E-state index in [0.29, 0.717) is 12.1 Å². The molecule has 0 atom stereocenters. The van der Waals surface area contributed by atoms with Crippen LogP contribution in [0.2, 0.25) is 0 Å². The van der Waals surface area contributed by atoms with Crippen molar-refractivity contribution in [1.29, 1.82) is 0 Å². The number of carboxylic acids is 2. The summed E-state index contributed by atoms with van der Waals surface area (Å²) < 4.78 is 25.8. The summed E-state index contributed by atoms with van der Waals surface area (Å²) in [6.07, 6.45) is 5.27. The van der Waals surface area contributed by atoms with E-state index in [1.807, 2.05) is 0 Å². The number of hydrogen-bond acceptors (Lipinski definition) is 4. The summed E-state index contributed by atoms with van der Waals surface area (Å²) in [6.45, 7) is 2.80. The van der Waals surface area contributed by atoms with Gasteiger partial charge in [-0.15, -0.1) is 0 Å². The first-order valence-electron chi connectivity index (χ1n) is 8.23. The van der Waals surface area contributed by atoms with Crippen LogP contribution in [0.15, 0.2) is 18.2 Å². The van der Waals surface area contributed by atoms with Gasteiger partial charge in [-0.1, -0.05) is 12.8 Å². The number of anilines is 1. The van der Waals surface area contributed by atoms with Crippen LogP contribution in [0.4, 0.5) is 14.5 Å². The third kappa shape index (κ3) is 8.52. The highest BCUT2D eigenvalue weighted by atomic mass is 19.2. The molecule has 1 fully saturated rings. The van der Waals surface area contributed by atoms with Gasteiger partial charge in [-0.3, -0.25) is 4.79 Å². The number of carbonyl (C=O) groups excluding carboxylic acids is 1. The molecule has 0 unspecified atom stereocenters. The van der Waals surface area contributed by atoms with Crippen LogP contribution in [0, 0.1) is 11.6 Å². The Bertz CT molecular complexity index is 620. The van der Waals surface area contributed by atoms with E-state index >= 15 is 0 Å². The van der Waals surface area contributed by atoms with Crippen molar-refractivity contribution < 1.29 is 33.4 Å². The first kappa shape index (κ1) is 21.5. The molecule has 1 aromatic carbocycles. The molecule has 1 saturated heterocycles. The van der Waals surface area contributed by atoms with Gasteiger partial charge in [0, 0.05) is 24.7 Å². The maximum Gasteiger partial charge on any atom is 0.414 e. The number of carbonyl (C=O) groups is 3. The number of nitrogens with one attached hydrogen (secondary N) is 1. The van der Waals surface area contributed by atoms with Crippen molar-refractivity contribution in [1.82, 2.24) is 4.90 Å². The maximum atomic E-state index is 13.0. The normalized spacial score (nSPS) is 14.5. The summed E-state index contributed by atoms with van der Waals surface area (Å²) >= 11 is 0. The Balaban J connectivity index is 0.000000487. The zero-order chi connectivity index (χ0) is 19.5. The molecule has 0 spiro atoms. The number of nitrogens with zero attached hydrogens (tertiary/aromatic N) is 1. The molecular formula is C17H22F2N2O5. The fourth-order valence-electron chi connectivity index (χ4n) is 2.42. The van der Waals surface area contributed by atoms with Crippen LogP contribution < -0.4 is 5.32 Å². The first-order valence-corrected chi connectivity index (χ1v) is 8.23. The van der Waals surface area contributed by atoms with Gasteiger partial charge in [-0.2, -0.15) is 0 Å². The minimum atomic E-state index is -1.82. The summed E-state index contributed by atoms with van der Waals surface area (Å²) in [7, 11) is 0. The maximum absolute atomic E-state index is 13.0. The third-order valence-corrected chi connectivity index (χ3v) is 3.74. The molecule has 1 aliphatic heterocycles. The Kier molecular flexibility index (Phi) is 9.21. The summed E-state index contributed by atoms with van der Waals surface area (Å²) in [6, 6.07) is 3.38. The van der Waals surface area contributed by atoms with Crippen LogP contribution in [0.1, 0.15) is 32.1 Å². The fourth-order valence-corrected chi connectivity index (χ4v) is 2.42. The second-order valence-electron chi connectivity index (χ2n) is 5.79. The minimum absolute atomic E-state index is 0.166. The van der Waals surface area contributed by atoms with E-state index in [4.69, 9.17) is 19.8 Å². The van der Waals surface area contributed by atoms with Crippen LogP contribution >= 0.6 is 0 Å². The molecular weight excluding hydrogens is 350 g/mol. The number of benzene rings is 1. The van der Waals surface area contributed by atoms with E-state index in [1.54, 1.807) is 0 Å². The van der Waals surface area contributed by atoms with Crippen LogP contribution in [-0.2, 0) is 14.4 Å². The molecule has 1 aliphatic rings. The third-order valence-electron chi connectivity index (χ3n) is 3.74. The van der Waals surface area contributed by atoms with Crippen molar-refractivity contribution in [2.24, 2.45) is 0 Å². The molecule has 7 nitrogen and oxygen atoms in total. The van der Waals surface area contributed by atoms with Gasteiger partial charge in [-0.25, -0.2) is 18.4 Å². The largest absolute Gasteiger partial charge is 0.473 e. The standard InChI is InChI=1S/C15H20F2N2O.C2H2O4/c16-13-6-5-12(11-14(13)17)18-15(20)7-10-19-8-3-1-2-4-9-19;3-1(4)2(5)6/h5-6,11H,1-4,7-10H2,(H,18,20);(H,3,4)(H,5,6). The van der Waals surface area contributed by atoms with Crippen molar-refractivity contribution in [3.8, 4) is 0 Å². The number of aliphatic carboxylic acids is 2. The first-order chi connectivity index (χ1) is 12.3. The van der Waals surface area contributed by atoms with Gasteiger partial charge in [0.05, 0.1) is 0 Å². The Labute approximate surface area is 149 Å². The summed E-state index contributed by atoms with van der Waals surface area (Å²) in [5.74, 6) is -5.67. The Morgan fingerprint density at radius 1 is 0.962 bits per heavy atom. The van der Waals surface area contributed by atoms with Crippen LogP contribution in [-0.4, -0.2) is 52.6 Å². The van der Waals surface area contributed by atoms with Crippen molar-refractivity contribution in [3.05, 3.63) is 29.8 Å². The van der Waals surface area contributed by atoms with Crippen molar-refractivity contribution in [2.45, 2.75) is 32.1 Å². The van der Waals surface area contributed by atoms with Crippen LogP contribution in [0.25, 0.3) is 0 Å².